The number of furan rings is 1. The van der Waals surface area contributed by atoms with Crippen molar-refractivity contribution in [1.82, 2.24) is 10.2 Å². The van der Waals surface area contributed by atoms with E-state index in [2.05, 4.69) is 15.5 Å². The fraction of sp³-hybridized carbons (Fsp3) is 0. The molecule has 2 heterocycles. The second-order valence-electron chi connectivity index (χ2n) is 6.38. The van der Waals surface area contributed by atoms with Gasteiger partial charge in [-0.15, -0.1) is 10.2 Å². The Balaban J connectivity index is 1.56. The molecular weight excluding hydrogens is 430 g/mol. The number of para-hydroxylation sites is 1. The molecule has 0 spiro atoms. The predicted molar refractivity (Wildman–Crippen MR) is 119 cm³/mol. The van der Waals surface area contributed by atoms with Crippen molar-refractivity contribution in [1.29, 1.82) is 5.26 Å². The van der Waals surface area contributed by atoms with Crippen LogP contribution in [0, 0.1) is 21.4 Å². The lowest BCUT2D eigenvalue weighted by Gasteiger charge is -1.99. The molecule has 2 aromatic carbocycles. The molecule has 1 amide bonds. The highest BCUT2D eigenvalue weighted by molar-refractivity contribution is 7.16. The number of nitrogens with zero attached hydrogens (tertiary/aromatic N) is 4. The molecule has 10 heteroatoms. The number of amides is 1. The fourth-order valence-corrected chi connectivity index (χ4v) is 3.55. The number of rotatable bonds is 6. The first-order valence-corrected chi connectivity index (χ1v) is 10.0. The number of aromatic nitrogens is 2. The van der Waals surface area contributed by atoms with Gasteiger partial charge >= 0.3 is 0 Å². The molecule has 156 valence electrons. The van der Waals surface area contributed by atoms with Gasteiger partial charge in [0.15, 0.2) is 5.01 Å². The van der Waals surface area contributed by atoms with E-state index in [1.165, 1.54) is 12.1 Å². The lowest BCUT2D eigenvalue weighted by atomic mass is 10.1. The van der Waals surface area contributed by atoms with Gasteiger partial charge in [-0.3, -0.25) is 20.2 Å². The summed E-state index contributed by atoms with van der Waals surface area (Å²) in [5.74, 6) is 0.282. The molecule has 0 bridgehead atoms. The van der Waals surface area contributed by atoms with E-state index < -0.39 is 4.92 Å². The summed E-state index contributed by atoms with van der Waals surface area (Å²) in [5, 5.41) is 31.9. The number of nitro benzene ring substituents is 1. The largest absolute Gasteiger partial charge is 0.456 e. The molecular formula is C22H13N5O4S. The van der Waals surface area contributed by atoms with E-state index in [1.807, 2.05) is 6.07 Å². The number of carbonyl (C=O) groups is 1. The number of nitrogens with one attached hydrogen (secondary N) is 1. The third-order valence-corrected chi connectivity index (χ3v) is 5.18. The van der Waals surface area contributed by atoms with Gasteiger partial charge in [0.05, 0.1) is 16.1 Å². The number of allylic oxidation sites excluding steroid dienone is 1. The first kappa shape index (κ1) is 20.6. The zero-order valence-electron chi connectivity index (χ0n) is 16.3. The summed E-state index contributed by atoms with van der Waals surface area (Å²) in [4.78, 5) is 23.0. The molecule has 0 unspecified atom stereocenters. The maximum absolute atomic E-state index is 12.3. The molecule has 0 radical (unpaired) electrons. The molecule has 0 saturated carbocycles. The Hall–Kier alpha value is -4.62. The van der Waals surface area contributed by atoms with Crippen LogP contribution in [0.15, 0.2) is 71.1 Å². The third kappa shape index (κ3) is 4.43. The smallest absolute Gasteiger partial charge is 0.280 e. The Morgan fingerprint density at radius 3 is 2.59 bits per heavy atom. The van der Waals surface area contributed by atoms with Gasteiger partial charge in [-0.1, -0.05) is 41.7 Å². The van der Waals surface area contributed by atoms with Crippen LogP contribution in [0.5, 0.6) is 0 Å². The summed E-state index contributed by atoms with van der Waals surface area (Å²) in [6, 6.07) is 20.1. The third-order valence-electron chi connectivity index (χ3n) is 4.31. The Bertz CT molecular complexity index is 1370. The van der Waals surface area contributed by atoms with Gasteiger partial charge in [-0.05, 0) is 30.3 Å². The average molecular weight is 443 g/mol. The topological polar surface area (TPSA) is 135 Å². The van der Waals surface area contributed by atoms with Crippen molar-refractivity contribution in [3.05, 3.63) is 93.2 Å². The molecule has 1 N–H and O–H groups in total. The predicted octanol–water partition coefficient (Wildman–Crippen LogP) is 5.02. The van der Waals surface area contributed by atoms with Crippen molar-refractivity contribution in [3.8, 4) is 17.4 Å². The fourth-order valence-electron chi connectivity index (χ4n) is 2.84. The van der Waals surface area contributed by atoms with E-state index in [0.29, 0.717) is 27.7 Å². The number of nitro groups is 1. The zero-order valence-corrected chi connectivity index (χ0v) is 17.1. The van der Waals surface area contributed by atoms with E-state index in [0.717, 1.165) is 11.3 Å². The van der Waals surface area contributed by atoms with Crippen LogP contribution in [0.25, 0.3) is 23.0 Å². The summed E-state index contributed by atoms with van der Waals surface area (Å²) in [7, 11) is 0. The Kier molecular flexibility index (Phi) is 5.83. The van der Waals surface area contributed by atoms with Gasteiger partial charge in [0.25, 0.3) is 11.6 Å². The van der Waals surface area contributed by atoms with Gasteiger partial charge in [0, 0.05) is 17.7 Å². The first-order valence-electron chi connectivity index (χ1n) is 9.21. The lowest BCUT2D eigenvalue weighted by Crippen LogP contribution is -2.11. The van der Waals surface area contributed by atoms with Crippen molar-refractivity contribution >= 4 is 39.7 Å². The van der Waals surface area contributed by atoms with Crippen LogP contribution in [-0.4, -0.2) is 21.0 Å². The number of carbonyl (C=O) groups excluding carboxylic acids is 1. The van der Waals surface area contributed by atoms with E-state index in [-0.39, 0.29) is 22.3 Å². The Labute approximate surface area is 185 Å². The van der Waals surface area contributed by atoms with Gasteiger partial charge in [-0.25, -0.2) is 0 Å². The van der Waals surface area contributed by atoms with Crippen LogP contribution in [0.1, 0.15) is 21.1 Å². The molecule has 4 rings (SSSR count). The minimum absolute atomic E-state index is 0.0826. The Morgan fingerprint density at radius 1 is 1.09 bits per heavy atom. The average Bonchev–Trinajstić information content (AvgIpc) is 3.47. The highest BCUT2D eigenvalue weighted by Crippen LogP contribution is 2.32. The van der Waals surface area contributed by atoms with E-state index in [9.17, 15) is 20.2 Å². The molecule has 0 atom stereocenters. The second kappa shape index (κ2) is 9.03. The van der Waals surface area contributed by atoms with E-state index in [1.54, 1.807) is 60.7 Å². The van der Waals surface area contributed by atoms with Crippen LogP contribution < -0.4 is 5.32 Å². The van der Waals surface area contributed by atoms with Crippen LogP contribution >= 0.6 is 11.3 Å². The summed E-state index contributed by atoms with van der Waals surface area (Å²) in [5.41, 5.74) is 0.892. The van der Waals surface area contributed by atoms with Crippen LogP contribution in [0.3, 0.4) is 0 Å². The van der Waals surface area contributed by atoms with Gasteiger partial charge in [-0.2, -0.15) is 5.26 Å². The van der Waals surface area contributed by atoms with Crippen molar-refractivity contribution in [2.75, 3.05) is 5.32 Å². The number of anilines is 1. The molecule has 9 nitrogen and oxygen atoms in total. The molecule has 0 fully saturated rings. The van der Waals surface area contributed by atoms with Crippen molar-refractivity contribution in [2.24, 2.45) is 0 Å². The standard InChI is InChI=1S/C22H13N5O4S/c23-13-15(21-25-26-22(32-21)24-20(28)14-6-2-1-3-7-14)12-16-10-11-19(31-16)17-8-4-5-9-18(17)27(29)30/h1-12H,(H,24,26,28). The zero-order chi connectivity index (χ0) is 22.5. The van der Waals surface area contributed by atoms with Crippen LogP contribution in [0.2, 0.25) is 0 Å². The maximum Gasteiger partial charge on any atom is 0.280 e. The SMILES string of the molecule is N#CC(=Cc1ccc(-c2ccccc2[N+](=O)[O-])o1)c1nnc(NC(=O)c2ccccc2)s1. The van der Waals surface area contributed by atoms with Crippen LogP contribution in [-0.2, 0) is 0 Å². The maximum atomic E-state index is 12.3. The summed E-state index contributed by atoms with van der Waals surface area (Å²) in [6.07, 6.45) is 1.46. The highest BCUT2D eigenvalue weighted by atomic mass is 32.1. The summed E-state index contributed by atoms with van der Waals surface area (Å²) in [6.45, 7) is 0. The lowest BCUT2D eigenvalue weighted by molar-refractivity contribution is -0.384. The van der Waals surface area contributed by atoms with Gasteiger partial charge in [0.1, 0.15) is 17.6 Å². The molecule has 0 aliphatic carbocycles. The van der Waals surface area contributed by atoms with Crippen molar-refractivity contribution in [2.45, 2.75) is 0 Å². The van der Waals surface area contributed by atoms with Gasteiger partial charge < -0.3 is 4.42 Å². The summed E-state index contributed by atoms with van der Waals surface area (Å²) < 4.78 is 5.70. The Morgan fingerprint density at radius 2 is 1.84 bits per heavy atom. The minimum atomic E-state index is -0.486. The summed E-state index contributed by atoms with van der Waals surface area (Å²) >= 11 is 1.04. The minimum Gasteiger partial charge on any atom is -0.456 e. The molecule has 0 saturated heterocycles. The molecule has 4 aromatic rings. The number of nitriles is 1. The van der Waals surface area contributed by atoms with E-state index in [4.69, 9.17) is 4.42 Å². The molecule has 32 heavy (non-hydrogen) atoms. The van der Waals surface area contributed by atoms with Crippen LogP contribution in [0.4, 0.5) is 10.8 Å². The van der Waals surface area contributed by atoms with Crippen molar-refractivity contribution in [3.63, 3.8) is 0 Å². The van der Waals surface area contributed by atoms with E-state index >= 15 is 0 Å². The quantitative estimate of drug-likeness (QED) is 0.251. The number of hydrogen-bond acceptors (Lipinski definition) is 8. The second-order valence-corrected chi connectivity index (χ2v) is 7.36. The molecule has 2 aromatic heterocycles. The highest BCUT2D eigenvalue weighted by Gasteiger charge is 2.18. The number of benzene rings is 2. The molecule has 0 aliphatic heterocycles. The van der Waals surface area contributed by atoms with Crippen molar-refractivity contribution < 1.29 is 14.1 Å². The monoisotopic (exact) mass is 443 g/mol. The molecule has 0 aliphatic rings. The van der Waals surface area contributed by atoms with Gasteiger partial charge in [0.2, 0.25) is 5.13 Å². The number of hydrogen-bond donors (Lipinski definition) is 1. The first-order chi connectivity index (χ1) is 15.5. The normalized spacial score (nSPS) is 11.0.